The lowest BCUT2D eigenvalue weighted by Gasteiger charge is -2.24. The van der Waals surface area contributed by atoms with Gasteiger partial charge in [0.15, 0.2) is 0 Å². The van der Waals surface area contributed by atoms with E-state index in [4.69, 9.17) is 4.74 Å². The summed E-state index contributed by atoms with van der Waals surface area (Å²) in [5.41, 5.74) is 1.80. The summed E-state index contributed by atoms with van der Waals surface area (Å²) in [6, 6.07) is 14.4. The molecule has 1 N–H and O–H groups in total. The maximum absolute atomic E-state index is 13.9. The molecule has 1 saturated heterocycles. The Morgan fingerprint density at radius 1 is 1.23 bits per heavy atom. The third kappa shape index (κ3) is 4.61. The van der Waals surface area contributed by atoms with E-state index in [2.05, 4.69) is 10.2 Å². The molecule has 1 atom stereocenters. The lowest BCUT2D eigenvalue weighted by atomic mass is 10.1. The molecule has 138 valence electrons. The molecule has 1 fully saturated rings. The van der Waals surface area contributed by atoms with Crippen LogP contribution in [0.5, 0.6) is 5.75 Å². The van der Waals surface area contributed by atoms with Crippen molar-refractivity contribution in [3.8, 4) is 5.75 Å². The van der Waals surface area contributed by atoms with Crippen LogP contribution >= 0.6 is 0 Å². The Bertz CT molecular complexity index is 733. The fraction of sp³-hybridized carbons (Fsp3) is 0.381. The lowest BCUT2D eigenvalue weighted by molar-refractivity contribution is -0.125. The van der Waals surface area contributed by atoms with E-state index in [-0.39, 0.29) is 17.8 Å². The van der Waals surface area contributed by atoms with Gasteiger partial charge in [-0.25, -0.2) is 4.39 Å². The molecule has 0 aliphatic carbocycles. The maximum atomic E-state index is 13.9. The highest BCUT2D eigenvalue weighted by atomic mass is 19.1. The molecule has 0 bridgehead atoms. The van der Waals surface area contributed by atoms with E-state index in [0.717, 1.165) is 37.1 Å². The van der Waals surface area contributed by atoms with E-state index in [9.17, 15) is 9.18 Å². The van der Waals surface area contributed by atoms with Crippen molar-refractivity contribution in [1.29, 1.82) is 0 Å². The van der Waals surface area contributed by atoms with Gasteiger partial charge in [-0.2, -0.15) is 0 Å². The van der Waals surface area contributed by atoms with Gasteiger partial charge in [0.1, 0.15) is 11.6 Å². The molecule has 0 aromatic heterocycles. The molecule has 1 aliphatic heterocycles. The number of rotatable bonds is 7. The summed E-state index contributed by atoms with van der Waals surface area (Å²) in [7, 11) is 1.64. The molecule has 4 nitrogen and oxygen atoms in total. The molecular weight excluding hydrogens is 331 g/mol. The third-order valence-corrected chi connectivity index (χ3v) is 4.87. The minimum atomic E-state index is -0.210. The van der Waals surface area contributed by atoms with E-state index in [1.807, 2.05) is 30.3 Å². The molecule has 1 amide bonds. The van der Waals surface area contributed by atoms with Gasteiger partial charge < -0.3 is 10.1 Å². The zero-order valence-electron chi connectivity index (χ0n) is 15.1. The van der Waals surface area contributed by atoms with Crippen LogP contribution in [0.25, 0.3) is 0 Å². The summed E-state index contributed by atoms with van der Waals surface area (Å²) in [4.78, 5) is 14.6. The first-order valence-corrected chi connectivity index (χ1v) is 9.05. The van der Waals surface area contributed by atoms with Gasteiger partial charge in [0.25, 0.3) is 0 Å². The molecule has 5 heteroatoms. The summed E-state index contributed by atoms with van der Waals surface area (Å²) in [5, 5.41) is 3.03. The average Bonchev–Trinajstić information content (AvgIpc) is 3.12. The molecule has 3 rings (SSSR count). The molecule has 0 saturated carbocycles. The van der Waals surface area contributed by atoms with Crippen molar-refractivity contribution >= 4 is 5.91 Å². The van der Waals surface area contributed by atoms with Crippen LogP contribution in [0.1, 0.15) is 24.0 Å². The lowest BCUT2D eigenvalue weighted by Crippen LogP contribution is -2.43. The number of benzene rings is 2. The molecule has 2 aromatic rings. The van der Waals surface area contributed by atoms with E-state index >= 15 is 0 Å². The van der Waals surface area contributed by atoms with Crippen molar-refractivity contribution in [1.82, 2.24) is 10.2 Å². The Kier molecular flexibility index (Phi) is 6.23. The topological polar surface area (TPSA) is 41.6 Å². The number of carbonyl (C=O) groups excluding carboxylic acids is 1. The minimum absolute atomic E-state index is 0.0346. The zero-order valence-corrected chi connectivity index (χ0v) is 15.1. The molecule has 0 radical (unpaired) electrons. The molecule has 1 aliphatic rings. The highest BCUT2D eigenvalue weighted by Crippen LogP contribution is 2.21. The Labute approximate surface area is 154 Å². The first-order valence-electron chi connectivity index (χ1n) is 9.05. The summed E-state index contributed by atoms with van der Waals surface area (Å²) in [6.07, 6.45) is 2.56. The summed E-state index contributed by atoms with van der Waals surface area (Å²) >= 11 is 0. The van der Waals surface area contributed by atoms with Gasteiger partial charge in [-0.3, -0.25) is 9.69 Å². The molecule has 1 heterocycles. The van der Waals surface area contributed by atoms with Crippen LogP contribution in [0.3, 0.4) is 0 Å². The van der Waals surface area contributed by atoms with Gasteiger partial charge in [-0.1, -0.05) is 30.3 Å². The van der Waals surface area contributed by atoms with Gasteiger partial charge in [-0.05, 0) is 49.6 Å². The van der Waals surface area contributed by atoms with Crippen LogP contribution < -0.4 is 10.1 Å². The molecule has 2 aromatic carbocycles. The van der Waals surface area contributed by atoms with Crippen LogP contribution in [-0.2, 0) is 17.8 Å². The van der Waals surface area contributed by atoms with Gasteiger partial charge in [0.2, 0.25) is 5.91 Å². The van der Waals surface area contributed by atoms with Crippen LogP contribution in [0, 0.1) is 5.82 Å². The van der Waals surface area contributed by atoms with E-state index in [0.29, 0.717) is 18.7 Å². The van der Waals surface area contributed by atoms with Crippen molar-refractivity contribution in [3.63, 3.8) is 0 Å². The Morgan fingerprint density at radius 3 is 2.73 bits per heavy atom. The molecule has 0 spiro atoms. The fourth-order valence-electron chi connectivity index (χ4n) is 3.40. The van der Waals surface area contributed by atoms with Gasteiger partial charge in [-0.15, -0.1) is 0 Å². The second-order valence-corrected chi connectivity index (χ2v) is 6.61. The highest BCUT2D eigenvalue weighted by molar-refractivity contribution is 5.82. The quantitative estimate of drug-likeness (QED) is 0.829. The first-order chi connectivity index (χ1) is 12.7. The number of likely N-dealkylation sites (tertiary alicyclic amines) is 1. The van der Waals surface area contributed by atoms with Crippen molar-refractivity contribution in [2.45, 2.75) is 31.8 Å². The highest BCUT2D eigenvalue weighted by Gasteiger charge is 2.30. The number of nitrogens with zero attached hydrogens (tertiary/aromatic N) is 1. The Balaban J connectivity index is 1.50. The van der Waals surface area contributed by atoms with Crippen molar-refractivity contribution in [2.75, 3.05) is 20.2 Å². The number of carbonyl (C=O) groups is 1. The fourth-order valence-corrected chi connectivity index (χ4v) is 3.40. The second-order valence-electron chi connectivity index (χ2n) is 6.61. The summed E-state index contributed by atoms with van der Waals surface area (Å²) in [5.74, 6) is 0.651. The van der Waals surface area contributed by atoms with Crippen molar-refractivity contribution in [2.24, 2.45) is 0 Å². The Morgan fingerprint density at radius 2 is 2.00 bits per heavy atom. The standard InChI is InChI=1S/C21H25FN2O2/c1-26-18-10-8-16(9-11-18)12-13-23-21(25)20-7-4-14-24(20)15-17-5-2-3-6-19(17)22/h2-3,5-6,8-11,20H,4,7,12-15H2,1H3,(H,23,25). The number of hydrogen-bond donors (Lipinski definition) is 1. The number of hydrogen-bond acceptors (Lipinski definition) is 3. The summed E-state index contributed by atoms with van der Waals surface area (Å²) < 4.78 is 19.0. The normalized spacial score (nSPS) is 17.2. The third-order valence-electron chi connectivity index (χ3n) is 4.87. The average molecular weight is 356 g/mol. The number of nitrogens with one attached hydrogen (secondary N) is 1. The summed E-state index contributed by atoms with van der Waals surface area (Å²) in [6.45, 7) is 1.89. The monoisotopic (exact) mass is 356 g/mol. The molecule has 26 heavy (non-hydrogen) atoms. The van der Waals surface area contributed by atoms with Crippen molar-refractivity contribution < 1.29 is 13.9 Å². The predicted molar refractivity (Wildman–Crippen MR) is 99.5 cm³/mol. The van der Waals surface area contributed by atoms with E-state index in [1.165, 1.54) is 6.07 Å². The molecular formula is C21H25FN2O2. The molecule has 1 unspecified atom stereocenters. The van der Waals surface area contributed by atoms with E-state index < -0.39 is 0 Å². The van der Waals surface area contributed by atoms with Gasteiger partial charge >= 0.3 is 0 Å². The van der Waals surface area contributed by atoms with Crippen LogP contribution in [0.4, 0.5) is 4.39 Å². The minimum Gasteiger partial charge on any atom is -0.497 e. The van der Waals surface area contributed by atoms with Crippen LogP contribution in [-0.4, -0.2) is 37.0 Å². The van der Waals surface area contributed by atoms with Gasteiger partial charge in [0, 0.05) is 18.7 Å². The zero-order chi connectivity index (χ0) is 18.4. The van der Waals surface area contributed by atoms with Crippen LogP contribution in [0.2, 0.25) is 0 Å². The van der Waals surface area contributed by atoms with Gasteiger partial charge in [0.05, 0.1) is 13.2 Å². The number of halogens is 1. The van der Waals surface area contributed by atoms with Crippen LogP contribution in [0.15, 0.2) is 48.5 Å². The number of methoxy groups -OCH3 is 1. The van der Waals surface area contributed by atoms with Crippen molar-refractivity contribution in [3.05, 3.63) is 65.5 Å². The largest absolute Gasteiger partial charge is 0.497 e. The smallest absolute Gasteiger partial charge is 0.237 e. The Hall–Kier alpha value is -2.40. The number of ether oxygens (including phenoxy) is 1. The predicted octanol–water partition coefficient (Wildman–Crippen LogP) is 3.16. The SMILES string of the molecule is COc1ccc(CCNC(=O)C2CCCN2Cc2ccccc2F)cc1. The maximum Gasteiger partial charge on any atom is 0.237 e. The first kappa shape index (κ1) is 18.4. The van der Waals surface area contributed by atoms with E-state index in [1.54, 1.807) is 19.2 Å². The number of amides is 1. The second kappa shape index (κ2) is 8.81.